The molecule has 0 atom stereocenters. The topological polar surface area (TPSA) is 86.9 Å². The summed E-state index contributed by atoms with van der Waals surface area (Å²) >= 11 is 0. The fourth-order valence-corrected chi connectivity index (χ4v) is 2.87. The molecule has 0 radical (unpaired) electrons. The number of carbonyl (C=O) groups is 1. The first-order valence-electron chi connectivity index (χ1n) is 9.10. The highest BCUT2D eigenvalue weighted by Crippen LogP contribution is 2.14. The number of carbonyl (C=O) groups excluding carboxylic acids is 1. The molecule has 2 aromatic carbocycles. The van der Waals surface area contributed by atoms with Crippen LogP contribution >= 0.6 is 0 Å². The molecule has 2 heterocycles. The number of hydrogen-bond donors (Lipinski definition) is 1. The van der Waals surface area contributed by atoms with Gasteiger partial charge in [-0.1, -0.05) is 12.1 Å². The number of benzene rings is 2. The van der Waals surface area contributed by atoms with Crippen molar-refractivity contribution in [2.45, 2.75) is 13.1 Å². The third-order valence-corrected chi connectivity index (χ3v) is 4.44. The van der Waals surface area contributed by atoms with Gasteiger partial charge < -0.3 is 10.1 Å². The van der Waals surface area contributed by atoms with E-state index in [9.17, 15) is 4.79 Å². The molecule has 0 unspecified atom stereocenters. The predicted molar refractivity (Wildman–Crippen MR) is 107 cm³/mol. The van der Waals surface area contributed by atoms with Crippen LogP contribution in [0.1, 0.15) is 21.6 Å². The Bertz CT molecular complexity index is 1070. The third-order valence-electron chi connectivity index (χ3n) is 4.44. The maximum atomic E-state index is 12.4. The fourth-order valence-electron chi connectivity index (χ4n) is 2.87. The smallest absolute Gasteiger partial charge is 0.251 e. The summed E-state index contributed by atoms with van der Waals surface area (Å²) in [4.78, 5) is 16.3. The van der Waals surface area contributed by atoms with Crippen LogP contribution in [0.5, 0.6) is 5.75 Å². The summed E-state index contributed by atoms with van der Waals surface area (Å²) in [6, 6.07) is 16.9. The Hall–Kier alpha value is -3.94. The van der Waals surface area contributed by atoms with E-state index in [0.717, 1.165) is 22.7 Å². The quantitative estimate of drug-likeness (QED) is 0.526. The first-order valence-corrected chi connectivity index (χ1v) is 9.10. The van der Waals surface area contributed by atoms with Gasteiger partial charge in [-0.3, -0.25) is 4.79 Å². The van der Waals surface area contributed by atoms with E-state index in [1.165, 1.54) is 6.33 Å². The second-order valence-corrected chi connectivity index (χ2v) is 6.42. The molecule has 2 aromatic heterocycles. The van der Waals surface area contributed by atoms with Gasteiger partial charge in [0, 0.05) is 11.8 Å². The molecule has 0 bridgehead atoms. The first kappa shape index (κ1) is 18.4. The van der Waals surface area contributed by atoms with Crippen molar-refractivity contribution in [2.75, 3.05) is 7.11 Å². The maximum absolute atomic E-state index is 12.4. The molecule has 0 spiro atoms. The standard InChI is InChI=1S/C21H20N6O2/c1-29-20-8-6-19(7-9-20)27-11-10-18(25-27)12-23-21(28)17-4-2-16(3-5-17)13-26-15-22-14-24-26/h2-11,14-15H,12-13H2,1H3,(H,23,28). The van der Waals surface area contributed by atoms with Crippen molar-refractivity contribution in [3.05, 3.63) is 90.3 Å². The molecule has 0 aliphatic rings. The second kappa shape index (κ2) is 8.39. The predicted octanol–water partition coefficient (Wildman–Crippen LogP) is 2.45. The number of methoxy groups -OCH3 is 1. The molecule has 0 aliphatic carbocycles. The van der Waals surface area contributed by atoms with E-state index in [1.54, 1.807) is 34.9 Å². The molecule has 8 heteroatoms. The molecule has 4 aromatic rings. The minimum Gasteiger partial charge on any atom is -0.497 e. The Morgan fingerprint density at radius 1 is 1.07 bits per heavy atom. The molecule has 4 rings (SSSR count). The highest BCUT2D eigenvalue weighted by atomic mass is 16.5. The van der Waals surface area contributed by atoms with Crippen molar-refractivity contribution in [3.63, 3.8) is 0 Å². The van der Waals surface area contributed by atoms with Crippen molar-refractivity contribution >= 4 is 5.91 Å². The number of aromatic nitrogens is 5. The average Bonchev–Trinajstić information content (AvgIpc) is 3.45. The molecule has 0 aliphatic heterocycles. The van der Waals surface area contributed by atoms with E-state index in [4.69, 9.17) is 4.74 Å². The highest BCUT2D eigenvalue weighted by Gasteiger charge is 2.08. The third kappa shape index (κ3) is 4.49. The van der Waals surface area contributed by atoms with Gasteiger partial charge in [0.2, 0.25) is 0 Å². The molecule has 0 fully saturated rings. The number of amides is 1. The van der Waals surface area contributed by atoms with Crippen LogP contribution in [0.3, 0.4) is 0 Å². The van der Waals surface area contributed by atoms with Gasteiger partial charge in [0.15, 0.2) is 0 Å². The van der Waals surface area contributed by atoms with Crippen LogP contribution in [0.25, 0.3) is 5.69 Å². The van der Waals surface area contributed by atoms with E-state index >= 15 is 0 Å². The van der Waals surface area contributed by atoms with Crippen LogP contribution in [-0.2, 0) is 13.1 Å². The largest absolute Gasteiger partial charge is 0.497 e. The van der Waals surface area contributed by atoms with Crippen molar-refractivity contribution in [3.8, 4) is 11.4 Å². The van der Waals surface area contributed by atoms with Crippen LogP contribution in [0.4, 0.5) is 0 Å². The van der Waals surface area contributed by atoms with Gasteiger partial charge in [0.05, 0.1) is 31.6 Å². The number of nitrogens with zero attached hydrogens (tertiary/aromatic N) is 5. The molecular formula is C21H20N6O2. The Morgan fingerprint density at radius 2 is 1.86 bits per heavy atom. The summed E-state index contributed by atoms with van der Waals surface area (Å²) in [6.45, 7) is 0.966. The van der Waals surface area contributed by atoms with E-state index < -0.39 is 0 Å². The normalized spacial score (nSPS) is 10.7. The van der Waals surface area contributed by atoms with E-state index in [0.29, 0.717) is 18.7 Å². The highest BCUT2D eigenvalue weighted by molar-refractivity contribution is 5.94. The van der Waals surface area contributed by atoms with Crippen LogP contribution < -0.4 is 10.1 Å². The lowest BCUT2D eigenvalue weighted by atomic mass is 10.1. The van der Waals surface area contributed by atoms with E-state index in [-0.39, 0.29) is 5.91 Å². The van der Waals surface area contributed by atoms with Gasteiger partial charge in [-0.05, 0) is 48.0 Å². The lowest BCUT2D eigenvalue weighted by molar-refractivity contribution is 0.0950. The zero-order chi connectivity index (χ0) is 20.1. The van der Waals surface area contributed by atoms with Gasteiger partial charge in [0.1, 0.15) is 18.4 Å². The van der Waals surface area contributed by atoms with Crippen molar-refractivity contribution in [1.29, 1.82) is 0 Å². The van der Waals surface area contributed by atoms with Crippen molar-refractivity contribution < 1.29 is 9.53 Å². The lowest BCUT2D eigenvalue weighted by Crippen LogP contribution is -2.23. The van der Waals surface area contributed by atoms with Gasteiger partial charge in [-0.25, -0.2) is 14.3 Å². The van der Waals surface area contributed by atoms with Gasteiger partial charge >= 0.3 is 0 Å². The SMILES string of the molecule is COc1ccc(-n2ccc(CNC(=O)c3ccc(Cn4cncn4)cc3)n2)cc1. The van der Waals surface area contributed by atoms with Crippen LogP contribution in [0.15, 0.2) is 73.4 Å². The Kier molecular flexibility index (Phi) is 5.33. The van der Waals surface area contributed by atoms with Crippen LogP contribution in [-0.4, -0.2) is 37.6 Å². The molecule has 29 heavy (non-hydrogen) atoms. The summed E-state index contributed by atoms with van der Waals surface area (Å²) in [7, 11) is 1.63. The zero-order valence-electron chi connectivity index (χ0n) is 15.9. The number of ether oxygens (including phenoxy) is 1. The number of hydrogen-bond acceptors (Lipinski definition) is 5. The van der Waals surface area contributed by atoms with E-state index in [2.05, 4.69) is 20.5 Å². The maximum Gasteiger partial charge on any atom is 0.251 e. The van der Waals surface area contributed by atoms with Crippen LogP contribution in [0.2, 0.25) is 0 Å². The Morgan fingerprint density at radius 3 is 2.55 bits per heavy atom. The van der Waals surface area contributed by atoms with Crippen molar-refractivity contribution in [1.82, 2.24) is 29.9 Å². The van der Waals surface area contributed by atoms with Crippen LogP contribution in [0, 0.1) is 0 Å². The first-order chi connectivity index (χ1) is 14.2. The zero-order valence-corrected chi connectivity index (χ0v) is 15.9. The summed E-state index contributed by atoms with van der Waals surface area (Å²) in [5.74, 6) is 0.650. The van der Waals surface area contributed by atoms with Crippen molar-refractivity contribution in [2.24, 2.45) is 0 Å². The molecular weight excluding hydrogens is 368 g/mol. The minimum absolute atomic E-state index is 0.142. The summed E-state index contributed by atoms with van der Waals surface area (Å²) < 4.78 is 8.66. The number of rotatable bonds is 7. The summed E-state index contributed by atoms with van der Waals surface area (Å²) in [5, 5.41) is 11.5. The molecule has 8 nitrogen and oxygen atoms in total. The molecule has 146 valence electrons. The fraction of sp³-hybridized carbons (Fsp3) is 0.143. The Labute approximate surface area is 167 Å². The monoisotopic (exact) mass is 388 g/mol. The minimum atomic E-state index is -0.142. The van der Waals surface area contributed by atoms with E-state index in [1.807, 2.05) is 48.7 Å². The van der Waals surface area contributed by atoms with Gasteiger partial charge in [-0.2, -0.15) is 10.2 Å². The summed E-state index contributed by atoms with van der Waals surface area (Å²) in [5.41, 5.74) is 3.34. The molecule has 0 saturated heterocycles. The van der Waals surface area contributed by atoms with Gasteiger partial charge in [-0.15, -0.1) is 0 Å². The number of nitrogens with one attached hydrogen (secondary N) is 1. The Balaban J connectivity index is 1.34. The lowest BCUT2D eigenvalue weighted by Gasteiger charge is -2.06. The second-order valence-electron chi connectivity index (χ2n) is 6.42. The van der Waals surface area contributed by atoms with Gasteiger partial charge in [0.25, 0.3) is 5.91 Å². The molecule has 0 saturated carbocycles. The summed E-state index contributed by atoms with van der Waals surface area (Å²) in [6.07, 6.45) is 5.02. The molecule has 1 amide bonds. The molecule has 1 N–H and O–H groups in total. The average molecular weight is 388 g/mol.